The maximum atomic E-state index is 3.84. The molecule has 1 saturated carbocycles. The third-order valence-corrected chi connectivity index (χ3v) is 5.18. The second-order valence-electron chi connectivity index (χ2n) is 5.08. The molecule has 0 bridgehead atoms. The molecule has 0 radical (unpaired) electrons. The van der Waals surface area contributed by atoms with E-state index < -0.39 is 0 Å². The van der Waals surface area contributed by atoms with Crippen molar-refractivity contribution in [2.24, 2.45) is 5.92 Å². The van der Waals surface area contributed by atoms with Crippen LogP contribution in [0, 0.1) is 5.92 Å². The van der Waals surface area contributed by atoms with Crippen molar-refractivity contribution in [3.63, 3.8) is 0 Å². The molecule has 0 aliphatic heterocycles. The maximum absolute atomic E-state index is 3.84. The van der Waals surface area contributed by atoms with Gasteiger partial charge in [-0.2, -0.15) is 0 Å². The highest BCUT2D eigenvalue weighted by molar-refractivity contribution is 9.09. The summed E-state index contributed by atoms with van der Waals surface area (Å²) < 4.78 is 0. The molecule has 1 heteroatoms. The van der Waals surface area contributed by atoms with Crippen LogP contribution < -0.4 is 0 Å². The Balaban J connectivity index is 1.80. The van der Waals surface area contributed by atoms with Gasteiger partial charge in [0.15, 0.2) is 0 Å². The molecule has 0 nitrogen and oxygen atoms in total. The minimum atomic E-state index is 0.538. The quantitative estimate of drug-likeness (QED) is 0.648. The summed E-state index contributed by atoms with van der Waals surface area (Å²) >= 11 is 3.84. The van der Waals surface area contributed by atoms with E-state index in [4.69, 9.17) is 0 Å². The summed E-state index contributed by atoms with van der Waals surface area (Å²) in [5, 5.41) is 0. The van der Waals surface area contributed by atoms with E-state index in [1.807, 2.05) is 0 Å². The average molecular weight is 301 g/mol. The zero-order valence-electron chi connectivity index (χ0n) is 10.4. The van der Waals surface area contributed by atoms with Crippen molar-refractivity contribution in [3.05, 3.63) is 60.2 Å². The van der Waals surface area contributed by atoms with Gasteiger partial charge in [0, 0.05) is 4.83 Å². The van der Waals surface area contributed by atoms with Crippen LogP contribution in [0.15, 0.2) is 54.6 Å². The molecule has 0 amide bonds. The summed E-state index contributed by atoms with van der Waals surface area (Å²) in [6.07, 6.45) is 4.14. The first kappa shape index (κ1) is 12.0. The predicted molar refractivity (Wildman–Crippen MR) is 80.9 cm³/mol. The van der Waals surface area contributed by atoms with Crippen LogP contribution in [0.25, 0.3) is 11.1 Å². The van der Waals surface area contributed by atoms with Crippen molar-refractivity contribution in [2.45, 2.75) is 24.1 Å². The van der Waals surface area contributed by atoms with Crippen molar-refractivity contribution in [2.75, 3.05) is 0 Å². The number of hydrogen-bond acceptors (Lipinski definition) is 0. The largest absolute Gasteiger partial charge is 0.0836 e. The summed E-state index contributed by atoms with van der Waals surface area (Å²) in [5.41, 5.74) is 4.01. The van der Waals surface area contributed by atoms with Crippen LogP contribution in [0.3, 0.4) is 0 Å². The van der Waals surface area contributed by atoms with Crippen LogP contribution >= 0.6 is 15.9 Å². The van der Waals surface area contributed by atoms with Gasteiger partial charge in [-0.05, 0) is 35.4 Å². The van der Waals surface area contributed by atoms with Crippen molar-refractivity contribution < 1.29 is 0 Å². The number of halogens is 1. The van der Waals surface area contributed by atoms with Crippen molar-refractivity contribution in [3.8, 4) is 11.1 Å². The van der Waals surface area contributed by atoms with Crippen LogP contribution in [-0.2, 0) is 0 Å². The zero-order valence-corrected chi connectivity index (χ0v) is 11.9. The Labute approximate surface area is 117 Å². The molecule has 92 valence electrons. The highest BCUT2D eigenvalue weighted by Crippen LogP contribution is 2.43. The molecule has 2 aromatic carbocycles. The normalized spacial score (nSPS) is 17.2. The van der Waals surface area contributed by atoms with Gasteiger partial charge in [0.25, 0.3) is 0 Å². The van der Waals surface area contributed by atoms with Crippen molar-refractivity contribution in [1.29, 1.82) is 0 Å². The number of hydrogen-bond donors (Lipinski definition) is 0. The van der Waals surface area contributed by atoms with Crippen molar-refractivity contribution in [1.82, 2.24) is 0 Å². The molecule has 1 atom stereocenters. The van der Waals surface area contributed by atoms with Gasteiger partial charge in [-0.3, -0.25) is 0 Å². The third-order valence-electron chi connectivity index (χ3n) is 3.90. The van der Waals surface area contributed by atoms with Gasteiger partial charge in [0.2, 0.25) is 0 Å². The molecular weight excluding hydrogens is 284 g/mol. The minimum absolute atomic E-state index is 0.538. The fourth-order valence-corrected chi connectivity index (χ4v) is 3.33. The van der Waals surface area contributed by atoms with Gasteiger partial charge in [0.05, 0.1) is 0 Å². The minimum Gasteiger partial charge on any atom is -0.0836 e. The molecule has 0 heterocycles. The Hall–Kier alpha value is -1.08. The third kappa shape index (κ3) is 2.37. The van der Waals surface area contributed by atoms with Crippen LogP contribution in [0.5, 0.6) is 0 Å². The van der Waals surface area contributed by atoms with E-state index in [-0.39, 0.29) is 0 Å². The SMILES string of the molecule is BrC(c1ccc(-c2ccccc2)cc1)C1CCC1. The lowest BCUT2D eigenvalue weighted by atomic mass is 9.80. The van der Waals surface area contributed by atoms with E-state index in [1.165, 1.54) is 36.0 Å². The van der Waals surface area contributed by atoms with Gasteiger partial charge in [-0.1, -0.05) is 76.9 Å². The summed E-state index contributed by atoms with van der Waals surface area (Å²) in [6, 6.07) is 19.5. The molecule has 0 saturated heterocycles. The monoisotopic (exact) mass is 300 g/mol. The molecule has 18 heavy (non-hydrogen) atoms. The Kier molecular flexibility index (Phi) is 3.51. The van der Waals surface area contributed by atoms with E-state index in [0.29, 0.717) is 4.83 Å². The fourth-order valence-electron chi connectivity index (χ4n) is 2.49. The van der Waals surface area contributed by atoms with Gasteiger partial charge < -0.3 is 0 Å². The summed E-state index contributed by atoms with van der Waals surface area (Å²) in [6.45, 7) is 0. The molecule has 0 N–H and O–H groups in total. The molecule has 2 aromatic rings. The molecule has 1 fully saturated rings. The van der Waals surface area contributed by atoms with Gasteiger partial charge in [-0.25, -0.2) is 0 Å². The first-order valence-electron chi connectivity index (χ1n) is 6.64. The van der Waals surface area contributed by atoms with Crippen molar-refractivity contribution >= 4 is 15.9 Å². The number of alkyl halides is 1. The Morgan fingerprint density at radius 1 is 0.833 bits per heavy atom. The first-order chi connectivity index (χ1) is 8.84. The predicted octanol–water partition coefficient (Wildman–Crippen LogP) is 5.59. The first-order valence-corrected chi connectivity index (χ1v) is 7.55. The lowest BCUT2D eigenvalue weighted by Gasteiger charge is -2.30. The van der Waals surface area contributed by atoms with Gasteiger partial charge >= 0.3 is 0 Å². The smallest absolute Gasteiger partial charge is 0.0423 e. The van der Waals surface area contributed by atoms with E-state index in [9.17, 15) is 0 Å². The zero-order chi connectivity index (χ0) is 12.4. The molecule has 0 aromatic heterocycles. The summed E-state index contributed by atoms with van der Waals surface area (Å²) in [7, 11) is 0. The average Bonchev–Trinajstić information content (AvgIpc) is 2.38. The summed E-state index contributed by atoms with van der Waals surface area (Å²) in [4.78, 5) is 0.538. The topological polar surface area (TPSA) is 0 Å². The van der Waals surface area contributed by atoms with Gasteiger partial charge in [-0.15, -0.1) is 0 Å². The van der Waals surface area contributed by atoms with Crippen LogP contribution in [0.4, 0.5) is 0 Å². The Morgan fingerprint density at radius 3 is 2.00 bits per heavy atom. The maximum Gasteiger partial charge on any atom is 0.0423 e. The Morgan fingerprint density at radius 2 is 1.44 bits per heavy atom. The van der Waals surface area contributed by atoms with Crippen LogP contribution in [-0.4, -0.2) is 0 Å². The molecule has 1 unspecified atom stereocenters. The molecule has 1 aliphatic carbocycles. The molecule has 1 aliphatic rings. The van der Waals surface area contributed by atoms with E-state index in [2.05, 4.69) is 70.5 Å². The molecule has 0 spiro atoms. The van der Waals surface area contributed by atoms with E-state index in [0.717, 1.165) is 5.92 Å². The van der Waals surface area contributed by atoms with Crippen LogP contribution in [0.2, 0.25) is 0 Å². The summed E-state index contributed by atoms with van der Waals surface area (Å²) in [5.74, 6) is 0.840. The highest BCUT2D eigenvalue weighted by Gasteiger charge is 2.26. The standard InChI is InChI=1S/C17H17Br/c18-17(15-7-4-8-15)16-11-9-14(10-12-16)13-5-2-1-3-6-13/h1-3,5-6,9-12,15,17H,4,7-8H2. The van der Waals surface area contributed by atoms with E-state index in [1.54, 1.807) is 0 Å². The highest BCUT2D eigenvalue weighted by atomic mass is 79.9. The van der Waals surface area contributed by atoms with Crippen LogP contribution in [0.1, 0.15) is 29.7 Å². The second-order valence-corrected chi connectivity index (χ2v) is 6.07. The number of rotatable bonds is 3. The fraction of sp³-hybridized carbons (Fsp3) is 0.294. The molecule has 3 rings (SSSR count). The van der Waals surface area contributed by atoms with E-state index >= 15 is 0 Å². The lowest BCUT2D eigenvalue weighted by molar-refractivity contribution is 0.312. The Bertz CT molecular complexity index is 497. The second kappa shape index (κ2) is 5.27. The van der Waals surface area contributed by atoms with Gasteiger partial charge in [0.1, 0.15) is 0 Å². The lowest BCUT2D eigenvalue weighted by Crippen LogP contribution is -2.16. The number of benzene rings is 2. The molecular formula is C17H17Br.